The van der Waals surface area contributed by atoms with Gasteiger partial charge in [0.25, 0.3) is 0 Å². The normalized spacial score (nSPS) is 11.4. The molecule has 0 aliphatic carbocycles. The van der Waals surface area contributed by atoms with Gasteiger partial charge in [0.2, 0.25) is 0 Å². The molecule has 1 aromatic rings. The summed E-state index contributed by atoms with van der Waals surface area (Å²) in [5.74, 6) is 0. The minimum absolute atomic E-state index is 0.218. The van der Waals surface area contributed by atoms with Crippen molar-refractivity contribution >= 4 is 23.1 Å². The van der Waals surface area contributed by atoms with Crippen molar-refractivity contribution in [2.24, 2.45) is 0 Å². The van der Waals surface area contributed by atoms with Crippen molar-refractivity contribution in [2.75, 3.05) is 23.9 Å². The van der Waals surface area contributed by atoms with E-state index in [1.807, 2.05) is 17.8 Å². The Hall–Kier alpha value is -0.900. The molecule has 0 atom stereocenters. The van der Waals surface area contributed by atoms with Crippen LogP contribution in [0.5, 0.6) is 0 Å². The predicted molar refractivity (Wildman–Crippen MR) is 64.7 cm³/mol. The van der Waals surface area contributed by atoms with Gasteiger partial charge in [-0.25, -0.2) is 0 Å². The summed E-state index contributed by atoms with van der Waals surface area (Å²) >= 11 is 1.83. The molecule has 0 saturated heterocycles. The molecule has 0 aliphatic heterocycles. The SMILES string of the molecule is CSC(C)(C)CNc1ccncc1N. The molecule has 14 heavy (non-hydrogen) atoms. The fourth-order valence-electron chi connectivity index (χ4n) is 0.948. The Morgan fingerprint density at radius 2 is 2.29 bits per heavy atom. The average molecular weight is 211 g/mol. The van der Waals surface area contributed by atoms with Crippen molar-refractivity contribution < 1.29 is 0 Å². The van der Waals surface area contributed by atoms with E-state index in [1.165, 1.54) is 0 Å². The predicted octanol–water partition coefficient (Wildman–Crippen LogP) is 2.22. The lowest BCUT2D eigenvalue weighted by molar-refractivity contribution is 0.753. The summed E-state index contributed by atoms with van der Waals surface area (Å²) in [5, 5.41) is 3.32. The van der Waals surface area contributed by atoms with Gasteiger partial charge in [0, 0.05) is 17.5 Å². The van der Waals surface area contributed by atoms with Crippen molar-refractivity contribution in [3.8, 4) is 0 Å². The molecule has 4 heteroatoms. The summed E-state index contributed by atoms with van der Waals surface area (Å²) < 4.78 is 0.218. The second-order valence-electron chi connectivity index (χ2n) is 3.78. The van der Waals surface area contributed by atoms with E-state index >= 15 is 0 Å². The molecule has 3 nitrogen and oxygen atoms in total. The third-order valence-corrected chi connectivity index (χ3v) is 3.36. The fraction of sp³-hybridized carbons (Fsp3) is 0.500. The molecule has 0 spiro atoms. The van der Waals surface area contributed by atoms with Crippen LogP contribution >= 0.6 is 11.8 Å². The molecule has 1 aromatic heterocycles. The van der Waals surface area contributed by atoms with Gasteiger partial charge in [-0.1, -0.05) is 0 Å². The number of nitrogen functional groups attached to an aromatic ring is 1. The van der Waals surface area contributed by atoms with Crippen LogP contribution in [0.4, 0.5) is 11.4 Å². The second kappa shape index (κ2) is 4.55. The molecule has 0 amide bonds. The van der Waals surface area contributed by atoms with E-state index in [4.69, 9.17) is 5.73 Å². The molecular formula is C10H17N3S. The monoisotopic (exact) mass is 211 g/mol. The molecule has 0 bridgehead atoms. The summed E-state index contributed by atoms with van der Waals surface area (Å²) in [7, 11) is 0. The Balaban J connectivity index is 2.58. The molecule has 0 aromatic carbocycles. The summed E-state index contributed by atoms with van der Waals surface area (Å²) in [6.07, 6.45) is 5.51. The third kappa shape index (κ3) is 3.10. The average Bonchev–Trinajstić information content (AvgIpc) is 2.17. The Bertz CT molecular complexity index is 299. The van der Waals surface area contributed by atoms with Crippen LogP contribution in [0.25, 0.3) is 0 Å². The number of aromatic nitrogens is 1. The highest BCUT2D eigenvalue weighted by Crippen LogP contribution is 2.23. The first-order chi connectivity index (χ1) is 6.55. The first-order valence-electron chi connectivity index (χ1n) is 4.54. The Morgan fingerprint density at radius 3 is 2.86 bits per heavy atom. The van der Waals surface area contributed by atoms with Gasteiger partial charge in [-0.05, 0) is 26.2 Å². The lowest BCUT2D eigenvalue weighted by atomic mass is 10.2. The van der Waals surface area contributed by atoms with Gasteiger partial charge < -0.3 is 11.1 Å². The standard InChI is InChI=1S/C10H17N3S/c1-10(2,14-3)7-13-9-4-5-12-6-8(9)11/h4-6H,7,11H2,1-3H3,(H,12,13). The highest BCUT2D eigenvalue weighted by molar-refractivity contribution is 7.99. The molecule has 0 fully saturated rings. The Kier molecular flexibility index (Phi) is 3.63. The van der Waals surface area contributed by atoms with Gasteiger partial charge in [0.15, 0.2) is 0 Å². The lowest BCUT2D eigenvalue weighted by Gasteiger charge is -2.23. The first kappa shape index (κ1) is 11.2. The van der Waals surface area contributed by atoms with Crippen LogP contribution in [-0.4, -0.2) is 22.5 Å². The van der Waals surface area contributed by atoms with E-state index in [9.17, 15) is 0 Å². The number of pyridine rings is 1. The molecular weight excluding hydrogens is 194 g/mol. The molecule has 1 heterocycles. The van der Waals surface area contributed by atoms with Gasteiger partial charge in [0.05, 0.1) is 17.6 Å². The molecule has 0 unspecified atom stereocenters. The highest BCUT2D eigenvalue weighted by Gasteiger charge is 2.15. The van der Waals surface area contributed by atoms with Crippen LogP contribution in [0.2, 0.25) is 0 Å². The Labute approximate surface area is 89.5 Å². The van der Waals surface area contributed by atoms with Gasteiger partial charge in [-0.2, -0.15) is 11.8 Å². The van der Waals surface area contributed by atoms with Crippen LogP contribution in [0, 0.1) is 0 Å². The van der Waals surface area contributed by atoms with Gasteiger partial charge in [0.1, 0.15) is 0 Å². The minimum Gasteiger partial charge on any atom is -0.396 e. The van der Waals surface area contributed by atoms with E-state index in [2.05, 4.69) is 30.4 Å². The fourth-order valence-corrected chi connectivity index (χ4v) is 1.16. The number of anilines is 2. The largest absolute Gasteiger partial charge is 0.396 e. The van der Waals surface area contributed by atoms with Crippen molar-refractivity contribution in [3.05, 3.63) is 18.5 Å². The summed E-state index contributed by atoms with van der Waals surface area (Å²) in [5.41, 5.74) is 7.42. The quantitative estimate of drug-likeness (QED) is 0.801. The molecule has 3 N–H and O–H groups in total. The zero-order valence-corrected chi connectivity index (χ0v) is 9.69. The molecule has 78 valence electrons. The lowest BCUT2D eigenvalue weighted by Crippen LogP contribution is -2.26. The topological polar surface area (TPSA) is 50.9 Å². The molecule has 0 aliphatic rings. The molecule has 0 saturated carbocycles. The van der Waals surface area contributed by atoms with Crippen molar-refractivity contribution in [3.63, 3.8) is 0 Å². The van der Waals surface area contributed by atoms with Crippen LogP contribution < -0.4 is 11.1 Å². The number of hydrogen-bond acceptors (Lipinski definition) is 4. The van der Waals surface area contributed by atoms with E-state index in [-0.39, 0.29) is 4.75 Å². The summed E-state index contributed by atoms with van der Waals surface area (Å²) in [4.78, 5) is 3.94. The van der Waals surface area contributed by atoms with Crippen LogP contribution in [0.15, 0.2) is 18.5 Å². The first-order valence-corrected chi connectivity index (χ1v) is 5.76. The van der Waals surface area contributed by atoms with Gasteiger partial charge in [-0.3, -0.25) is 4.98 Å². The minimum atomic E-state index is 0.218. The number of nitrogens with two attached hydrogens (primary N) is 1. The zero-order valence-electron chi connectivity index (χ0n) is 8.87. The number of thioether (sulfide) groups is 1. The van der Waals surface area contributed by atoms with Gasteiger partial charge in [-0.15, -0.1) is 0 Å². The van der Waals surface area contributed by atoms with Crippen LogP contribution in [-0.2, 0) is 0 Å². The summed E-state index contributed by atoms with van der Waals surface area (Å²) in [6.45, 7) is 5.28. The third-order valence-electron chi connectivity index (χ3n) is 2.11. The van der Waals surface area contributed by atoms with Crippen LogP contribution in [0.1, 0.15) is 13.8 Å². The zero-order chi connectivity index (χ0) is 10.6. The van der Waals surface area contributed by atoms with E-state index < -0.39 is 0 Å². The second-order valence-corrected chi connectivity index (χ2v) is 5.29. The molecule has 0 radical (unpaired) electrons. The van der Waals surface area contributed by atoms with Crippen molar-refractivity contribution in [1.82, 2.24) is 4.98 Å². The van der Waals surface area contributed by atoms with E-state index in [1.54, 1.807) is 12.4 Å². The van der Waals surface area contributed by atoms with Crippen LogP contribution in [0.3, 0.4) is 0 Å². The summed E-state index contributed by atoms with van der Waals surface area (Å²) in [6, 6.07) is 1.89. The number of hydrogen-bond donors (Lipinski definition) is 2. The smallest absolute Gasteiger partial charge is 0.0736 e. The maximum absolute atomic E-state index is 5.76. The van der Waals surface area contributed by atoms with E-state index in [0.717, 1.165) is 12.2 Å². The molecule has 1 rings (SSSR count). The maximum atomic E-state index is 5.76. The maximum Gasteiger partial charge on any atom is 0.0736 e. The number of nitrogens with zero attached hydrogens (tertiary/aromatic N) is 1. The highest BCUT2D eigenvalue weighted by atomic mass is 32.2. The van der Waals surface area contributed by atoms with Crippen molar-refractivity contribution in [2.45, 2.75) is 18.6 Å². The van der Waals surface area contributed by atoms with E-state index in [0.29, 0.717) is 5.69 Å². The number of nitrogens with one attached hydrogen (secondary N) is 1. The number of rotatable bonds is 4. The van der Waals surface area contributed by atoms with Crippen molar-refractivity contribution in [1.29, 1.82) is 0 Å². The van der Waals surface area contributed by atoms with Gasteiger partial charge >= 0.3 is 0 Å². The Morgan fingerprint density at radius 1 is 1.57 bits per heavy atom.